The van der Waals surface area contributed by atoms with Crippen molar-refractivity contribution in [2.75, 3.05) is 13.7 Å². The number of ether oxygens (including phenoxy) is 1. The van der Waals surface area contributed by atoms with Crippen molar-refractivity contribution < 1.29 is 23.8 Å². The van der Waals surface area contributed by atoms with Gasteiger partial charge in [0.1, 0.15) is 5.82 Å². The number of benzene rings is 1. The summed E-state index contributed by atoms with van der Waals surface area (Å²) in [5, 5.41) is 11.7. The molecule has 0 spiro atoms. The molecule has 5 nitrogen and oxygen atoms in total. The molecule has 2 aromatic rings. The third-order valence-electron chi connectivity index (χ3n) is 3.25. The molecule has 1 unspecified atom stereocenters. The molecule has 1 atom stereocenters. The van der Waals surface area contributed by atoms with Crippen LogP contribution < -0.4 is 5.32 Å². The summed E-state index contributed by atoms with van der Waals surface area (Å²) in [6.07, 6.45) is 0. The number of carboxylic acid groups (broad SMARTS) is 1. The maximum Gasteiger partial charge on any atom is 0.331 e. The summed E-state index contributed by atoms with van der Waals surface area (Å²) in [4.78, 5) is 24.7. The molecule has 23 heavy (non-hydrogen) atoms. The summed E-state index contributed by atoms with van der Waals surface area (Å²) in [7, 11) is 1.37. The molecular formula is C16H16FNO4S. The minimum Gasteiger partial charge on any atom is -0.479 e. The van der Waals surface area contributed by atoms with Crippen molar-refractivity contribution in [3.8, 4) is 10.4 Å². The number of carboxylic acids is 1. The largest absolute Gasteiger partial charge is 0.479 e. The minimum absolute atomic E-state index is 0.149. The first kappa shape index (κ1) is 17.1. The monoisotopic (exact) mass is 337 g/mol. The quantitative estimate of drug-likeness (QED) is 0.850. The van der Waals surface area contributed by atoms with E-state index in [4.69, 9.17) is 4.74 Å². The first-order valence-electron chi connectivity index (χ1n) is 6.76. The van der Waals surface area contributed by atoms with Gasteiger partial charge < -0.3 is 15.2 Å². The summed E-state index contributed by atoms with van der Waals surface area (Å²) >= 11 is 1.20. The van der Waals surface area contributed by atoms with Gasteiger partial charge in [-0.3, -0.25) is 4.79 Å². The number of hydrogen-bond donors (Lipinski definition) is 2. The van der Waals surface area contributed by atoms with Gasteiger partial charge in [0, 0.05) is 12.0 Å². The van der Waals surface area contributed by atoms with Gasteiger partial charge in [-0.1, -0.05) is 12.1 Å². The summed E-state index contributed by atoms with van der Waals surface area (Å²) in [6, 6.07) is 9.27. The molecule has 0 saturated carbocycles. The average molecular weight is 337 g/mol. The Kier molecular flexibility index (Phi) is 5.12. The van der Waals surface area contributed by atoms with E-state index in [2.05, 4.69) is 5.32 Å². The molecule has 0 bridgehead atoms. The van der Waals surface area contributed by atoms with E-state index in [0.29, 0.717) is 4.88 Å². The maximum atomic E-state index is 12.9. The Morgan fingerprint density at radius 3 is 2.48 bits per heavy atom. The van der Waals surface area contributed by atoms with Crippen LogP contribution in [0.15, 0.2) is 36.4 Å². The maximum absolute atomic E-state index is 12.9. The molecule has 7 heteroatoms. The number of amides is 1. The molecular weight excluding hydrogens is 321 g/mol. The Morgan fingerprint density at radius 2 is 1.91 bits per heavy atom. The molecule has 1 aromatic carbocycles. The molecule has 1 amide bonds. The SMILES string of the molecule is COCC(C)(NC(=O)c1ccc(-c2ccc(F)cc2)s1)C(=O)O. The van der Waals surface area contributed by atoms with Crippen LogP contribution in [0.2, 0.25) is 0 Å². The molecule has 2 N–H and O–H groups in total. The van der Waals surface area contributed by atoms with Crippen LogP contribution in [0.25, 0.3) is 10.4 Å². The van der Waals surface area contributed by atoms with E-state index in [1.54, 1.807) is 24.3 Å². The lowest BCUT2D eigenvalue weighted by molar-refractivity contribution is -0.145. The number of methoxy groups -OCH3 is 1. The Bertz CT molecular complexity index is 713. The second kappa shape index (κ2) is 6.89. The van der Waals surface area contributed by atoms with E-state index < -0.39 is 17.4 Å². The Hall–Kier alpha value is -2.25. The molecule has 0 aliphatic rings. The molecule has 1 aromatic heterocycles. The van der Waals surface area contributed by atoms with Crippen molar-refractivity contribution >= 4 is 23.2 Å². The van der Waals surface area contributed by atoms with E-state index >= 15 is 0 Å². The van der Waals surface area contributed by atoms with Crippen LogP contribution in [0, 0.1) is 5.82 Å². The molecule has 0 fully saturated rings. The molecule has 0 radical (unpaired) electrons. The summed E-state index contributed by atoms with van der Waals surface area (Å²) in [5.41, 5.74) is -0.723. The predicted molar refractivity (Wildman–Crippen MR) is 85.1 cm³/mol. The van der Waals surface area contributed by atoms with Gasteiger partial charge in [0.05, 0.1) is 11.5 Å². The van der Waals surface area contributed by atoms with Crippen LogP contribution >= 0.6 is 11.3 Å². The van der Waals surface area contributed by atoms with Gasteiger partial charge in [0.25, 0.3) is 5.91 Å². The topological polar surface area (TPSA) is 75.6 Å². The first-order valence-corrected chi connectivity index (χ1v) is 7.58. The highest BCUT2D eigenvalue weighted by molar-refractivity contribution is 7.17. The molecule has 122 valence electrons. The van der Waals surface area contributed by atoms with Crippen LogP contribution in [0.1, 0.15) is 16.6 Å². The molecule has 2 rings (SSSR count). The van der Waals surface area contributed by atoms with Gasteiger partial charge in [-0.05, 0) is 36.8 Å². The van der Waals surface area contributed by atoms with E-state index in [1.807, 2.05) is 0 Å². The van der Waals surface area contributed by atoms with Crippen molar-refractivity contribution in [1.29, 1.82) is 0 Å². The van der Waals surface area contributed by atoms with Crippen LogP contribution in [0.4, 0.5) is 4.39 Å². The fourth-order valence-corrected chi connectivity index (χ4v) is 2.89. The van der Waals surface area contributed by atoms with Crippen LogP contribution in [-0.4, -0.2) is 36.2 Å². The van der Waals surface area contributed by atoms with Gasteiger partial charge in [-0.15, -0.1) is 11.3 Å². The van der Waals surface area contributed by atoms with Gasteiger partial charge in [-0.2, -0.15) is 0 Å². The van der Waals surface area contributed by atoms with Gasteiger partial charge >= 0.3 is 5.97 Å². The fourth-order valence-electron chi connectivity index (χ4n) is 1.98. The highest BCUT2D eigenvalue weighted by atomic mass is 32.1. The zero-order valence-corrected chi connectivity index (χ0v) is 13.4. The third kappa shape index (κ3) is 3.94. The van der Waals surface area contributed by atoms with Crippen molar-refractivity contribution in [3.63, 3.8) is 0 Å². The van der Waals surface area contributed by atoms with Crippen molar-refractivity contribution in [2.45, 2.75) is 12.5 Å². The number of carbonyl (C=O) groups is 2. The average Bonchev–Trinajstić information content (AvgIpc) is 2.98. The number of thiophene rings is 1. The summed E-state index contributed by atoms with van der Waals surface area (Å²) in [5.74, 6) is -2.01. The van der Waals surface area contributed by atoms with Gasteiger partial charge in [0.15, 0.2) is 5.54 Å². The van der Waals surface area contributed by atoms with Gasteiger partial charge in [0.2, 0.25) is 0 Å². The number of aliphatic carboxylic acids is 1. The van der Waals surface area contributed by atoms with E-state index in [1.165, 1.54) is 37.5 Å². The second-order valence-corrected chi connectivity index (χ2v) is 6.28. The van der Waals surface area contributed by atoms with Crippen LogP contribution in [0.3, 0.4) is 0 Å². The number of rotatable bonds is 6. The molecule has 0 saturated heterocycles. The fraction of sp³-hybridized carbons (Fsp3) is 0.250. The zero-order valence-electron chi connectivity index (χ0n) is 12.6. The van der Waals surface area contributed by atoms with E-state index in [9.17, 15) is 19.1 Å². The lowest BCUT2D eigenvalue weighted by Gasteiger charge is -2.24. The second-order valence-electron chi connectivity index (χ2n) is 5.20. The minimum atomic E-state index is -1.51. The Morgan fingerprint density at radius 1 is 1.26 bits per heavy atom. The molecule has 1 heterocycles. The first-order chi connectivity index (χ1) is 10.9. The molecule has 0 aliphatic heterocycles. The van der Waals surface area contributed by atoms with Gasteiger partial charge in [-0.25, -0.2) is 9.18 Å². The predicted octanol–water partition coefficient (Wildman–Crippen LogP) is 2.77. The lowest BCUT2D eigenvalue weighted by Crippen LogP contribution is -2.55. The number of carbonyl (C=O) groups excluding carboxylic acids is 1. The van der Waals surface area contributed by atoms with Crippen molar-refractivity contribution in [2.24, 2.45) is 0 Å². The molecule has 0 aliphatic carbocycles. The smallest absolute Gasteiger partial charge is 0.331 e. The summed E-state index contributed by atoms with van der Waals surface area (Å²) < 4.78 is 17.8. The van der Waals surface area contributed by atoms with Crippen molar-refractivity contribution in [1.82, 2.24) is 5.32 Å². The van der Waals surface area contributed by atoms with E-state index in [-0.39, 0.29) is 12.4 Å². The van der Waals surface area contributed by atoms with Crippen molar-refractivity contribution in [3.05, 3.63) is 47.1 Å². The lowest BCUT2D eigenvalue weighted by atomic mass is 10.0. The Balaban J connectivity index is 2.18. The van der Waals surface area contributed by atoms with Crippen LogP contribution in [-0.2, 0) is 9.53 Å². The number of halogens is 1. The highest BCUT2D eigenvalue weighted by Gasteiger charge is 2.35. The highest BCUT2D eigenvalue weighted by Crippen LogP contribution is 2.28. The standard InChI is InChI=1S/C16H16FNO4S/c1-16(9-22-2,15(20)21)18-14(19)13-8-7-12(23-13)10-3-5-11(17)6-4-10/h3-8H,9H2,1-2H3,(H,18,19)(H,20,21). The number of hydrogen-bond acceptors (Lipinski definition) is 4. The van der Waals surface area contributed by atoms with Crippen LogP contribution in [0.5, 0.6) is 0 Å². The normalized spacial score (nSPS) is 13.3. The zero-order chi connectivity index (χ0) is 17.0. The Labute approximate surface area is 136 Å². The third-order valence-corrected chi connectivity index (χ3v) is 4.39. The summed E-state index contributed by atoms with van der Waals surface area (Å²) in [6.45, 7) is 1.23. The van der Waals surface area contributed by atoms with E-state index in [0.717, 1.165) is 10.4 Å². The number of nitrogens with one attached hydrogen (secondary N) is 1.